The molecule has 0 spiro atoms. The van der Waals surface area contributed by atoms with Gasteiger partial charge in [0.2, 0.25) is 5.91 Å². The zero-order valence-electron chi connectivity index (χ0n) is 17.3. The Kier molecular flexibility index (Phi) is 5.59. The summed E-state index contributed by atoms with van der Waals surface area (Å²) in [6, 6.07) is 17.5. The van der Waals surface area contributed by atoms with Gasteiger partial charge in [0.15, 0.2) is 0 Å². The topological polar surface area (TPSA) is 99.1 Å². The quantitative estimate of drug-likeness (QED) is 0.468. The molecule has 1 heterocycles. The van der Waals surface area contributed by atoms with E-state index in [0.717, 1.165) is 10.1 Å². The van der Waals surface area contributed by atoms with Crippen LogP contribution >= 0.6 is 0 Å². The molecule has 1 aromatic heterocycles. The molecular weight excluding hydrogens is 411 g/mol. The van der Waals surface area contributed by atoms with Crippen molar-refractivity contribution in [1.29, 1.82) is 0 Å². The van der Waals surface area contributed by atoms with E-state index in [-0.39, 0.29) is 24.8 Å². The molecule has 7 nitrogen and oxygen atoms in total. The summed E-state index contributed by atoms with van der Waals surface area (Å²) in [5, 5.41) is 2.76. The van der Waals surface area contributed by atoms with Gasteiger partial charge in [0.1, 0.15) is 5.82 Å². The van der Waals surface area contributed by atoms with Gasteiger partial charge in [0.25, 0.3) is 5.91 Å². The standard InChI is InChI=1S/C24H21FN4O3/c1-2-22(30)29-20-12-11-17(25)13-21(20)28(24(29)32)14-15-7-9-16(10-8-15)23(31)27-19-6-4-3-5-18(19)26/h3-13H,2,14,26H2,1H3,(H,27,31). The summed E-state index contributed by atoms with van der Waals surface area (Å²) in [7, 11) is 0. The van der Waals surface area contributed by atoms with Crippen LogP contribution in [-0.4, -0.2) is 20.9 Å². The van der Waals surface area contributed by atoms with Crippen LogP contribution in [0.2, 0.25) is 0 Å². The molecule has 3 N–H and O–H groups in total. The first-order valence-corrected chi connectivity index (χ1v) is 10.1. The minimum atomic E-state index is -0.529. The summed E-state index contributed by atoms with van der Waals surface area (Å²) in [5.41, 5.74) is 8.14. The normalized spacial score (nSPS) is 10.9. The Morgan fingerprint density at radius 3 is 2.41 bits per heavy atom. The van der Waals surface area contributed by atoms with Gasteiger partial charge in [-0.15, -0.1) is 0 Å². The lowest BCUT2D eigenvalue weighted by Crippen LogP contribution is -2.28. The average Bonchev–Trinajstić information content (AvgIpc) is 3.06. The van der Waals surface area contributed by atoms with Crippen LogP contribution < -0.4 is 16.7 Å². The lowest BCUT2D eigenvalue weighted by Gasteiger charge is -2.09. The number of nitrogens with two attached hydrogens (primary N) is 1. The Morgan fingerprint density at radius 1 is 1.00 bits per heavy atom. The molecule has 0 aliphatic carbocycles. The number of fused-ring (bicyclic) bond motifs is 1. The van der Waals surface area contributed by atoms with Crippen molar-refractivity contribution in [2.45, 2.75) is 19.9 Å². The number of hydrogen-bond donors (Lipinski definition) is 2. The van der Waals surface area contributed by atoms with Crippen molar-refractivity contribution in [3.05, 3.63) is 94.2 Å². The summed E-state index contributed by atoms with van der Waals surface area (Å²) in [6.07, 6.45) is 0.145. The molecule has 0 bridgehead atoms. The first kappa shape index (κ1) is 21.0. The van der Waals surface area contributed by atoms with Crippen LogP contribution in [0.1, 0.15) is 34.1 Å². The molecule has 3 aromatic carbocycles. The Morgan fingerprint density at radius 2 is 1.72 bits per heavy atom. The molecule has 0 fully saturated rings. The molecule has 8 heteroatoms. The highest BCUT2D eigenvalue weighted by atomic mass is 19.1. The fraction of sp³-hybridized carbons (Fsp3) is 0.125. The van der Waals surface area contributed by atoms with Gasteiger partial charge in [-0.05, 0) is 48.0 Å². The third-order valence-corrected chi connectivity index (χ3v) is 5.21. The van der Waals surface area contributed by atoms with E-state index in [9.17, 15) is 18.8 Å². The molecule has 0 atom stereocenters. The number of carbonyl (C=O) groups excluding carboxylic acids is 2. The Balaban J connectivity index is 1.63. The van der Waals surface area contributed by atoms with Crippen molar-refractivity contribution in [2.75, 3.05) is 11.1 Å². The van der Waals surface area contributed by atoms with Gasteiger partial charge in [-0.25, -0.2) is 13.8 Å². The molecule has 0 unspecified atom stereocenters. The fourth-order valence-electron chi connectivity index (χ4n) is 3.53. The van der Waals surface area contributed by atoms with Gasteiger partial charge in [0, 0.05) is 12.0 Å². The predicted octanol–water partition coefficient (Wildman–Crippen LogP) is 3.88. The smallest absolute Gasteiger partial charge is 0.336 e. The fourth-order valence-corrected chi connectivity index (χ4v) is 3.53. The maximum atomic E-state index is 13.9. The Hall–Kier alpha value is -4.20. The van der Waals surface area contributed by atoms with Gasteiger partial charge in [-0.3, -0.25) is 14.2 Å². The van der Waals surface area contributed by atoms with E-state index in [1.165, 1.54) is 22.8 Å². The molecule has 0 aliphatic heterocycles. The number of halogens is 1. The Bertz CT molecular complexity index is 1390. The van der Waals surface area contributed by atoms with E-state index < -0.39 is 11.5 Å². The highest BCUT2D eigenvalue weighted by Crippen LogP contribution is 2.19. The molecule has 4 rings (SSSR count). The summed E-state index contributed by atoms with van der Waals surface area (Å²) in [4.78, 5) is 37.7. The lowest BCUT2D eigenvalue weighted by molar-refractivity contribution is 0.0908. The van der Waals surface area contributed by atoms with Crippen molar-refractivity contribution in [3.63, 3.8) is 0 Å². The van der Waals surface area contributed by atoms with E-state index >= 15 is 0 Å². The van der Waals surface area contributed by atoms with E-state index in [2.05, 4.69) is 5.32 Å². The SMILES string of the molecule is CCC(=O)n1c(=O)n(Cc2ccc(C(=O)Nc3ccccc3N)cc2)c2cc(F)ccc21. The molecule has 4 aromatic rings. The van der Waals surface area contributed by atoms with Gasteiger partial charge in [-0.1, -0.05) is 31.2 Å². The first-order chi connectivity index (χ1) is 15.4. The molecule has 0 aliphatic rings. The number of nitrogens with zero attached hydrogens (tertiary/aromatic N) is 2. The van der Waals surface area contributed by atoms with Gasteiger partial charge in [-0.2, -0.15) is 0 Å². The second-order valence-electron chi connectivity index (χ2n) is 7.32. The van der Waals surface area contributed by atoms with Gasteiger partial charge in [0.05, 0.1) is 29.0 Å². The maximum Gasteiger partial charge on any atom is 0.336 e. The summed E-state index contributed by atoms with van der Waals surface area (Å²) in [5.74, 6) is -1.18. The molecule has 162 valence electrons. The molecule has 0 saturated heterocycles. The highest BCUT2D eigenvalue weighted by molar-refractivity contribution is 6.05. The van der Waals surface area contributed by atoms with Crippen LogP contribution in [0.25, 0.3) is 11.0 Å². The second-order valence-corrected chi connectivity index (χ2v) is 7.32. The van der Waals surface area contributed by atoms with E-state index in [4.69, 9.17) is 5.73 Å². The summed E-state index contributed by atoms with van der Waals surface area (Å²) >= 11 is 0. The van der Waals surface area contributed by atoms with Crippen LogP contribution in [0.15, 0.2) is 71.5 Å². The van der Waals surface area contributed by atoms with Crippen molar-refractivity contribution in [1.82, 2.24) is 9.13 Å². The predicted molar refractivity (Wildman–Crippen MR) is 121 cm³/mol. The zero-order valence-corrected chi connectivity index (χ0v) is 17.3. The number of nitrogen functional groups attached to an aromatic ring is 1. The van der Waals surface area contributed by atoms with E-state index in [1.807, 2.05) is 0 Å². The van der Waals surface area contributed by atoms with E-state index in [0.29, 0.717) is 28.0 Å². The summed E-state index contributed by atoms with van der Waals surface area (Å²) in [6.45, 7) is 1.78. The third-order valence-electron chi connectivity index (χ3n) is 5.21. The third kappa shape index (κ3) is 3.90. The minimum Gasteiger partial charge on any atom is -0.397 e. The minimum absolute atomic E-state index is 0.121. The van der Waals surface area contributed by atoms with Gasteiger partial charge < -0.3 is 11.1 Å². The van der Waals surface area contributed by atoms with Crippen LogP contribution in [0.3, 0.4) is 0 Å². The number of aromatic nitrogens is 2. The van der Waals surface area contributed by atoms with Crippen LogP contribution in [0.4, 0.5) is 15.8 Å². The number of nitrogens with one attached hydrogen (secondary N) is 1. The number of imidazole rings is 1. The zero-order chi connectivity index (χ0) is 22.8. The average molecular weight is 432 g/mol. The molecular formula is C24H21FN4O3. The van der Waals surface area contributed by atoms with Crippen LogP contribution in [0.5, 0.6) is 0 Å². The molecule has 1 amide bonds. The molecule has 0 radical (unpaired) electrons. The number of benzene rings is 3. The monoisotopic (exact) mass is 432 g/mol. The number of anilines is 2. The Labute approximate surface area is 182 Å². The number of para-hydroxylation sites is 2. The van der Waals surface area contributed by atoms with Crippen LogP contribution in [0, 0.1) is 5.82 Å². The van der Waals surface area contributed by atoms with Crippen LogP contribution in [-0.2, 0) is 6.54 Å². The van der Waals surface area contributed by atoms with Crippen molar-refractivity contribution < 1.29 is 14.0 Å². The second kappa shape index (κ2) is 8.50. The lowest BCUT2D eigenvalue weighted by atomic mass is 10.1. The number of amides is 1. The first-order valence-electron chi connectivity index (χ1n) is 10.1. The number of carbonyl (C=O) groups is 2. The molecule has 32 heavy (non-hydrogen) atoms. The van der Waals surface area contributed by atoms with Crippen molar-refractivity contribution in [2.24, 2.45) is 0 Å². The number of hydrogen-bond acceptors (Lipinski definition) is 4. The van der Waals surface area contributed by atoms with Gasteiger partial charge >= 0.3 is 5.69 Å². The molecule has 0 saturated carbocycles. The van der Waals surface area contributed by atoms with Crippen molar-refractivity contribution in [3.8, 4) is 0 Å². The summed E-state index contributed by atoms with van der Waals surface area (Å²) < 4.78 is 16.3. The highest BCUT2D eigenvalue weighted by Gasteiger charge is 2.18. The number of rotatable bonds is 5. The largest absolute Gasteiger partial charge is 0.397 e. The maximum absolute atomic E-state index is 13.9. The van der Waals surface area contributed by atoms with Crippen molar-refractivity contribution >= 4 is 34.2 Å². The van der Waals surface area contributed by atoms with E-state index in [1.54, 1.807) is 55.5 Å².